The summed E-state index contributed by atoms with van der Waals surface area (Å²) in [5.74, 6) is 1.49. The number of piperidine rings is 3. The number of aromatic nitrogens is 3. The van der Waals surface area contributed by atoms with E-state index in [1.165, 1.54) is 41.7 Å². The van der Waals surface area contributed by atoms with Crippen LogP contribution in [0.2, 0.25) is 5.02 Å². The molecule has 2 N–H and O–H groups in total. The van der Waals surface area contributed by atoms with Crippen molar-refractivity contribution in [3.05, 3.63) is 82.6 Å². The Hall–Kier alpha value is -5.05. The Labute approximate surface area is 326 Å². The zero-order valence-electron chi connectivity index (χ0n) is 31.4. The lowest BCUT2D eigenvalue weighted by Gasteiger charge is -2.38. The average Bonchev–Trinajstić information content (AvgIpc) is 3.80. The number of aryl methyl sites for hydroxylation is 1. The molecule has 3 amide bonds. The third-order valence-electron chi connectivity index (χ3n) is 12.8. The van der Waals surface area contributed by atoms with Gasteiger partial charge < -0.3 is 19.3 Å². The molecule has 6 heterocycles. The monoisotopic (exact) mass is 757 g/mol. The Kier molecular flexibility index (Phi) is 9.65. The molecule has 2 aromatic heterocycles. The number of aromatic amines is 1. The minimum absolute atomic E-state index is 0.211. The summed E-state index contributed by atoms with van der Waals surface area (Å²) in [5, 5.41) is 21.7. The van der Waals surface area contributed by atoms with Crippen LogP contribution in [-0.4, -0.2) is 84.0 Å². The van der Waals surface area contributed by atoms with E-state index in [2.05, 4.69) is 96.4 Å². The third-order valence-corrected chi connectivity index (χ3v) is 13.1. The summed E-state index contributed by atoms with van der Waals surface area (Å²) in [4.78, 5) is 33.4. The molecule has 0 aliphatic carbocycles. The Balaban J connectivity index is 0.762. The number of fused-ring (bicyclic) bond motifs is 2. The molecule has 5 aromatic rings. The van der Waals surface area contributed by atoms with Crippen molar-refractivity contribution in [2.24, 2.45) is 13.0 Å². The molecule has 4 aliphatic heterocycles. The van der Waals surface area contributed by atoms with E-state index in [0.717, 1.165) is 93.3 Å². The van der Waals surface area contributed by atoms with E-state index in [1.54, 1.807) is 4.90 Å². The molecule has 3 aromatic carbocycles. The summed E-state index contributed by atoms with van der Waals surface area (Å²) >= 11 is 6.46. The third kappa shape index (κ3) is 6.91. The van der Waals surface area contributed by atoms with Crippen molar-refractivity contribution < 1.29 is 9.59 Å². The van der Waals surface area contributed by atoms with Gasteiger partial charge >= 0.3 is 6.03 Å². The average molecular weight is 758 g/mol. The van der Waals surface area contributed by atoms with Crippen LogP contribution < -0.4 is 20.0 Å². The van der Waals surface area contributed by atoms with Gasteiger partial charge in [-0.1, -0.05) is 29.8 Å². The quantitative estimate of drug-likeness (QED) is 0.177. The van der Waals surface area contributed by atoms with Crippen molar-refractivity contribution in [1.29, 1.82) is 5.26 Å². The molecule has 1 atom stereocenters. The van der Waals surface area contributed by atoms with Gasteiger partial charge in [-0.05, 0) is 106 Å². The van der Waals surface area contributed by atoms with Crippen molar-refractivity contribution in [2.75, 3.05) is 67.1 Å². The number of H-pyrrole nitrogens is 1. The molecule has 9 rings (SSSR count). The standard InChI is InChI=1S/C43H48ClN9O2/c1-49-38(23-31-6-9-34(24-39(31)49)53-22-16-40(54)46-43(53)55)30-14-18-50(19-15-30)26-28-12-20-51(21-13-28)33-7-4-29(5-8-33)32-3-2-17-52(27-32)37-11-10-35(44)41-36(25-45)47-48-42(37)41/h4-11,23-24,28,30,32H,2-3,12-22,26-27H2,1H3,(H,47,48)(H,46,54,55)/t32-/m0/s1. The van der Waals surface area contributed by atoms with Crippen LogP contribution in [0.15, 0.2) is 60.7 Å². The van der Waals surface area contributed by atoms with Crippen LogP contribution in [0.3, 0.4) is 0 Å². The van der Waals surface area contributed by atoms with Gasteiger partial charge in [0.2, 0.25) is 5.91 Å². The van der Waals surface area contributed by atoms with Crippen LogP contribution in [0.5, 0.6) is 0 Å². The van der Waals surface area contributed by atoms with Crippen molar-refractivity contribution in [2.45, 2.75) is 56.8 Å². The normalized spacial score (nSPS) is 20.7. The van der Waals surface area contributed by atoms with Crippen LogP contribution >= 0.6 is 11.6 Å². The number of amides is 3. The number of hydrogen-bond donors (Lipinski definition) is 2. The highest BCUT2D eigenvalue weighted by Crippen LogP contribution is 2.38. The second-order valence-corrected chi connectivity index (χ2v) is 16.4. The molecule has 0 radical (unpaired) electrons. The number of likely N-dealkylation sites (tertiary alicyclic amines) is 1. The second-order valence-electron chi connectivity index (χ2n) is 16.0. The molecule has 4 saturated heterocycles. The summed E-state index contributed by atoms with van der Waals surface area (Å²) in [6.45, 7) is 7.96. The van der Waals surface area contributed by atoms with Crippen LogP contribution in [0.25, 0.3) is 21.8 Å². The lowest BCUT2D eigenvalue weighted by Crippen LogP contribution is -2.49. The number of imide groups is 1. The first-order chi connectivity index (χ1) is 26.8. The number of hydrogen-bond acceptors (Lipinski definition) is 7. The maximum atomic E-state index is 12.4. The smallest absolute Gasteiger partial charge is 0.328 e. The van der Waals surface area contributed by atoms with Gasteiger partial charge in [-0.2, -0.15) is 10.4 Å². The Morgan fingerprint density at radius 3 is 2.40 bits per heavy atom. The molecule has 55 heavy (non-hydrogen) atoms. The van der Waals surface area contributed by atoms with Crippen LogP contribution in [0.1, 0.15) is 73.7 Å². The fraction of sp³-hybridized carbons (Fsp3) is 0.442. The lowest BCUT2D eigenvalue weighted by molar-refractivity contribution is -0.120. The summed E-state index contributed by atoms with van der Waals surface area (Å²) in [7, 11) is 2.15. The van der Waals surface area contributed by atoms with E-state index < -0.39 is 0 Å². The number of benzene rings is 3. The van der Waals surface area contributed by atoms with E-state index in [-0.39, 0.29) is 11.9 Å². The van der Waals surface area contributed by atoms with E-state index >= 15 is 0 Å². The van der Waals surface area contributed by atoms with Gasteiger partial charge in [-0.25, -0.2) is 4.79 Å². The van der Waals surface area contributed by atoms with Gasteiger partial charge in [-0.3, -0.25) is 20.1 Å². The lowest BCUT2D eigenvalue weighted by atomic mass is 9.89. The first kappa shape index (κ1) is 35.6. The zero-order valence-corrected chi connectivity index (χ0v) is 32.2. The first-order valence-corrected chi connectivity index (χ1v) is 20.3. The fourth-order valence-electron chi connectivity index (χ4n) is 9.71. The maximum Gasteiger partial charge on any atom is 0.328 e. The number of urea groups is 1. The molecule has 0 unspecified atom stereocenters. The first-order valence-electron chi connectivity index (χ1n) is 19.9. The van der Waals surface area contributed by atoms with Crippen LogP contribution in [0.4, 0.5) is 21.9 Å². The predicted molar refractivity (Wildman–Crippen MR) is 218 cm³/mol. The van der Waals surface area contributed by atoms with Crippen molar-refractivity contribution in [3.63, 3.8) is 0 Å². The van der Waals surface area contributed by atoms with Gasteiger partial charge in [0.1, 0.15) is 6.07 Å². The largest absolute Gasteiger partial charge is 0.372 e. The molecule has 11 nitrogen and oxygen atoms in total. The van der Waals surface area contributed by atoms with Crippen molar-refractivity contribution >= 4 is 62.4 Å². The van der Waals surface area contributed by atoms with Gasteiger partial charge in [0.25, 0.3) is 0 Å². The maximum absolute atomic E-state index is 12.4. The van der Waals surface area contributed by atoms with E-state index in [1.807, 2.05) is 12.1 Å². The minimum Gasteiger partial charge on any atom is -0.372 e. The molecule has 4 aliphatic rings. The Morgan fingerprint density at radius 1 is 0.855 bits per heavy atom. The van der Waals surface area contributed by atoms with E-state index in [0.29, 0.717) is 40.9 Å². The Bertz CT molecular complexity index is 2280. The van der Waals surface area contributed by atoms with Gasteiger partial charge in [0.15, 0.2) is 5.69 Å². The van der Waals surface area contributed by atoms with Crippen LogP contribution in [-0.2, 0) is 11.8 Å². The molecule has 4 fully saturated rings. The molecule has 0 spiro atoms. The number of nitrogens with one attached hydrogen (secondary N) is 2. The number of rotatable bonds is 7. The molecule has 0 bridgehead atoms. The topological polar surface area (TPSA) is 117 Å². The molecule has 12 heteroatoms. The van der Waals surface area contributed by atoms with Crippen molar-refractivity contribution in [1.82, 2.24) is 25.0 Å². The predicted octanol–water partition coefficient (Wildman–Crippen LogP) is 7.51. The van der Waals surface area contributed by atoms with Crippen molar-refractivity contribution in [3.8, 4) is 6.07 Å². The summed E-state index contributed by atoms with van der Waals surface area (Å²) in [6.07, 6.45) is 7.37. The molecular weight excluding hydrogens is 710 g/mol. The van der Waals surface area contributed by atoms with Crippen LogP contribution in [0, 0.1) is 17.2 Å². The Morgan fingerprint density at radius 2 is 1.64 bits per heavy atom. The van der Waals surface area contributed by atoms with E-state index in [9.17, 15) is 14.9 Å². The fourth-order valence-corrected chi connectivity index (χ4v) is 9.96. The highest BCUT2D eigenvalue weighted by molar-refractivity contribution is 6.36. The van der Waals surface area contributed by atoms with Gasteiger partial charge in [0.05, 0.1) is 27.1 Å². The van der Waals surface area contributed by atoms with Gasteiger partial charge in [0, 0.05) is 87.0 Å². The summed E-state index contributed by atoms with van der Waals surface area (Å²) in [5.41, 5.74) is 8.30. The summed E-state index contributed by atoms with van der Waals surface area (Å²) < 4.78 is 2.31. The minimum atomic E-state index is -0.342. The van der Waals surface area contributed by atoms with Gasteiger partial charge in [-0.15, -0.1) is 0 Å². The highest BCUT2D eigenvalue weighted by Gasteiger charge is 2.29. The number of halogens is 1. The molecule has 284 valence electrons. The number of anilines is 3. The second kappa shape index (κ2) is 14.9. The number of nitrogens with zero attached hydrogens (tertiary/aromatic N) is 7. The molecule has 0 saturated carbocycles. The number of nitriles is 1. The SMILES string of the molecule is Cn1c(C2CCN(CC3CCN(c4ccc([C@H]5CCCN(c6ccc(Cl)c7c(C#N)n[nH]c67)C5)cc4)CC3)CC2)cc2ccc(N3CCC(=O)NC3=O)cc21. The van der Waals surface area contributed by atoms with E-state index in [4.69, 9.17) is 11.6 Å². The number of carbonyl (C=O) groups is 2. The molecular formula is C43H48ClN9O2. The number of carbonyl (C=O) groups excluding carboxylic acids is 2. The summed E-state index contributed by atoms with van der Waals surface area (Å²) in [6, 6.07) is 23.6. The highest BCUT2D eigenvalue weighted by atomic mass is 35.5. The zero-order chi connectivity index (χ0) is 37.6.